The van der Waals surface area contributed by atoms with Crippen LogP contribution in [0.4, 0.5) is 22.7 Å². The van der Waals surface area contributed by atoms with E-state index in [9.17, 15) is 10.1 Å². The maximum absolute atomic E-state index is 10.7. The zero-order chi connectivity index (χ0) is 17.6. The molecule has 0 atom stereocenters. The van der Waals surface area contributed by atoms with Crippen LogP contribution >= 0.6 is 0 Å². The highest BCUT2D eigenvalue weighted by atomic mass is 16.6. The highest BCUT2D eigenvalue weighted by Crippen LogP contribution is 2.23. The minimum atomic E-state index is -0.449. The predicted octanol–water partition coefficient (Wildman–Crippen LogP) is 4.13. The molecule has 126 valence electrons. The Balaban J connectivity index is 1.96. The molecule has 0 saturated heterocycles. The molecule has 0 bridgehead atoms. The second kappa shape index (κ2) is 7.65. The molecular formula is C17H22N5O2+. The number of nitro groups is 1. The number of nitro benzene ring substituents is 1. The van der Waals surface area contributed by atoms with Crippen LogP contribution in [-0.2, 0) is 0 Å². The largest absolute Gasteiger partial charge is 0.379 e. The Kier molecular flexibility index (Phi) is 5.59. The van der Waals surface area contributed by atoms with Gasteiger partial charge in [-0.1, -0.05) is 6.07 Å². The first-order valence-corrected chi connectivity index (χ1v) is 7.64. The van der Waals surface area contributed by atoms with E-state index in [1.54, 1.807) is 12.1 Å². The Morgan fingerprint density at radius 3 is 2.33 bits per heavy atom. The van der Waals surface area contributed by atoms with Crippen LogP contribution in [0, 0.1) is 10.1 Å². The molecule has 0 aromatic heterocycles. The van der Waals surface area contributed by atoms with Gasteiger partial charge in [-0.15, -0.1) is 0 Å². The van der Waals surface area contributed by atoms with Gasteiger partial charge in [0.2, 0.25) is 0 Å². The Morgan fingerprint density at radius 1 is 1.04 bits per heavy atom. The molecule has 24 heavy (non-hydrogen) atoms. The molecule has 7 nitrogen and oxygen atoms in total. The average Bonchev–Trinajstić information content (AvgIpc) is 2.53. The zero-order valence-corrected chi connectivity index (χ0v) is 14.1. The predicted molar refractivity (Wildman–Crippen MR) is 95.1 cm³/mol. The number of rotatable bonds is 7. The lowest BCUT2D eigenvalue weighted by Gasteiger charge is -2.24. The van der Waals surface area contributed by atoms with Gasteiger partial charge in [0.05, 0.1) is 50.5 Å². The van der Waals surface area contributed by atoms with Crippen LogP contribution in [0.2, 0.25) is 0 Å². The monoisotopic (exact) mass is 328 g/mol. The minimum absolute atomic E-state index is 0.00301. The molecule has 0 unspecified atom stereocenters. The lowest BCUT2D eigenvalue weighted by atomic mass is 10.3. The van der Waals surface area contributed by atoms with E-state index in [-0.39, 0.29) is 5.69 Å². The standard InChI is InChI=1S/C17H22N5O2/c1-22(2,3)12-11-18-14-7-9-15(10-8-14)19-20-16-5-4-6-17(13-16)21(23)24/h4-10,13,18H,11-12H2,1-3H3/q+1. The Hall–Kier alpha value is -2.80. The van der Waals surface area contributed by atoms with Crippen LogP contribution in [-0.4, -0.2) is 43.6 Å². The van der Waals surface area contributed by atoms with E-state index < -0.39 is 4.92 Å². The lowest BCUT2D eigenvalue weighted by molar-refractivity contribution is -0.868. The highest BCUT2D eigenvalue weighted by Gasteiger charge is 2.06. The van der Waals surface area contributed by atoms with Gasteiger partial charge in [0.15, 0.2) is 0 Å². The second-order valence-electron chi connectivity index (χ2n) is 6.46. The first-order valence-electron chi connectivity index (χ1n) is 7.64. The molecule has 0 saturated carbocycles. The van der Waals surface area contributed by atoms with Gasteiger partial charge in [-0.3, -0.25) is 10.1 Å². The molecule has 2 aromatic carbocycles. The van der Waals surface area contributed by atoms with Crippen LogP contribution in [0.25, 0.3) is 0 Å². The van der Waals surface area contributed by atoms with Crippen molar-refractivity contribution in [3.63, 3.8) is 0 Å². The van der Waals surface area contributed by atoms with Crippen molar-refractivity contribution in [1.29, 1.82) is 0 Å². The number of nitrogens with one attached hydrogen (secondary N) is 1. The quantitative estimate of drug-likeness (QED) is 0.359. The van der Waals surface area contributed by atoms with Gasteiger partial charge >= 0.3 is 0 Å². The Bertz CT molecular complexity index is 721. The maximum Gasteiger partial charge on any atom is 0.271 e. The van der Waals surface area contributed by atoms with Crippen molar-refractivity contribution in [2.24, 2.45) is 10.2 Å². The smallest absolute Gasteiger partial charge is 0.271 e. The van der Waals surface area contributed by atoms with Crippen LogP contribution in [0.3, 0.4) is 0 Å². The van der Waals surface area contributed by atoms with E-state index in [4.69, 9.17) is 0 Å². The van der Waals surface area contributed by atoms with E-state index in [1.807, 2.05) is 24.3 Å². The Labute approximate surface area is 141 Å². The van der Waals surface area contributed by atoms with Crippen LogP contribution < -0.4 is 5.32 Å². The van der Waals surface area contributed by atoms with Crippen molar-refractivity contribution < 1.29 is 9.41 Å². The number of benzene rings is 2. The number of hydrogen-bond acceptors (Lipinski definition) is 5. The zero-order valence-electron chi connectivity index (χ0n) is 14.1. The fourth-order valence-electron chi connectivity index (χ4n) is 1.97. The van der Waals surface area contributed by atoms with Gasteiger partial charge in [-0.25, -0.2) is 0 Å². The number of nitrogens with zero attached hydrogens (tertiary/aromatic N) is 4. The Morgan fingerprint density at radius 2 is 1.71 bits per heavy atom. The van der Waals surface area contributed by atoms with Crippen LogP contribution in [0.1, 0.15) is 0 Å². The van der Waals surface area contributed by atoms with E-state index in [2.05, 4.69) is 36.7 Å². The fourth-order valence-corrected chi connectivity index (χ4v) is 1.97. The summed E-state index contributed by atoms with van der Waals surface area (Å²) < 4.78 is 0.905. The minimum Gasteiger partial charge on any atom is -0.379 e. The molecule has 0 aliphatic rings. The summed E-state index contributed by atoms with van der Waals surface area (Å²) in [5, 5.41) is 22.2. The topological polar surface area (TPSA) is 79.9 Å². The molecule has 7 heteroatoms. The summed E-state index contributed by atoms with van der Waals surface area (Å²) in [6.07, 6.45) is 0. The van der Waals surface area contributed by atoms with Crippen molar-refractivity contribution in [2.75, 3.05) is 39.5 Å². The summed E-state index contributed by atoms with van der Waals surface area (Å²) in [7, 11) is 6.46. The van der Waals surface area contributed by atoms with Crippen LogP contribution in [0.15, 0.2) is 58.8 Å². The third kappa shape index (κ3) is 5.77. The summed E-state index contributed by atoms with van der Waals surface area (Å²) in [6.45, 7) is 1.91. The van der Waals surface area contributed by atoms with Crippen molar-refractivity contribution in [2.45, 2.75) is 0 Å². The fraction of sp³-hybridized carbons (Fsp3) is 0.294. The molecule has 0 fully saturated rings. The van der Waals surface area contributed by atoms with Crippen molar-refractivity contribution >= 4 is 22.7 Å². The van der Waals surface area contributed by atoms with Gasteiger partial charge in [-0.2, -0.15) is 10.2 Å². The molecule has 0 aliphatic carbocycles. The van der Waals surface area contributed by atoms with E-state index in [0.717, 1.165) is 23.3 Å². The maximum atomic E-state index is 10.7. The third-order valence-corrected chi connectivity index (χ3v) is 3.30. The average molecular weight is 328 g/mol. The van der Waals surface area contributed by atoms with Crippen molar-refractivity contribution in [3.8, 4) is 0 Å². The first kappa shape index (κ1) is 17.6. The molecular weight excluding hydrogens is 306 g/mol. The van der Waals surface area contributed by atoms with E-state index >= 15 is 0 Å². The number of azo groups is 1. The number of likely N-dealkylation sites (N-methyl/N-ethyl adjacent to an activating group) is 1. The molecule has 0 heterocycles. The summed E-state index contributed by atoms with van der Waals surface area (Å²) in [4.78, 5) is 10.3. The van der Waals surface area contributed by atoms with Crippen molar-refractivity contribution in [3.05, 3.63) is 58.6 Å². The van der Waals surface area contributed by atoms with E-state index in [1.165, 1.54) is 12.1 Å². The number of anilines is 1. The molecule has 2 aromatic rings. The summed E-state index contributed by atoms with van der Waals surface area (Å²) >= 11 is 0. The first-order chi connectivity index (χ1) is 11.3. The lowest BCUT2D eigenvalue weighted by Crippen LogP contribution is -2.38. The normalized spacial score (nSPS) is 11.6. The van der Waals surface area contributed by atoms with Gasteiger partial charge in [-0.05, 0) is 30.3 Å². The van der Waals surface area contributed by atoms with Crippen LogP contribution in [0.5, 0.6) is 0 Å². The summed E-state index contributed by atoms with van der Waals surface area (Å²) in [5.74, 6) is 0. The van der Waals surface area contributed by atoms with Gasteiger partial charge < -0.3 is 9.80 Å². The molecule has 0 radical (unpaired) electrons. The summed E-state index contributed by atoms with van der Waals surface area (Å²) in [6, 6.07) is 13.7. The number of quaternary nitrogens is 1. The summed E-state index contributed by atoms with van der Waals surface area (Å²) in [5.41, 5.74) is 2.18. The van der Waals surface area contributed by atoms with Crippen molar-refractivity contribution in [1.82, 2.24) is 0 Å². The molecule has 1 N–H and O–H groups in total. The van der Waals surface area contributed by atoms with E-state index in [0.29, 0.717) is 11.4 Å². The molecule has 0 aliphatic heterocycles. The number of non-ortho nitro benzene ring substituents is 1. The SMILES string of the molecule is C[N+](C)(C)CCNc1ccc(N=Nc2cccc([N+](=O)[O-])c2)cc1. The second-order valence-corrected chi connectivity index (χ2v) is 6.46. The highest BCUT2D eigenvalue weighted by molar-refractivity contribution is 5.51. The third-order valence-electron chi connectivity index (χ3n) is 3.30. The van der Waals surface area contributed by atoms with Gasteiger partial charge in [0.1, 0.15) is 0 Å². The molecule has 0 spiro atoms. The van der Waals surface area contributed by atoms with Gasteiger partial charge in [0, 0.05) is 17.8 Å². The molecule has 0 amide bonds. The number of hydrogen-bond donors (Lipinski definition) is 1. The molecule has 2 rings (SSSR count). The van der Waals surface area contributed by atoms with Gasteiger partial charge in [0.25, 0.3) is 5.69 Å².